The maximum absolute atomic E-state index is 11.7. The van der Waals surface area contributed by atoms with Crippen LogP contribution < -0.4 is 10.9 Å². The van der Waals surface area contributed by atoms with Gasteiger partial charge in [-0.25, -0.2) is 13.6 Å². The molecule has 5 nitrogen and oxygen atoms in total. The highest BCUT2D eigenvalue weighted by Crippen LogP contribution is 2.29. The number of benzene rings is 2. The minimum Gasteiger partial charge on any atom is -0.369 e. The first-order chi connectivity index (χ1) is 10.8. The van der Waals surface area contributed by atoms with Gasteiger partial charge in [-0.1, -0.05) is 55.8 Å². The number of hydrogen-bond acceptors (Lipinski definition) is 3. The van der Waals surface area contributed by atoms with E-state index in [1.807, 2.05) is 6.92 Å². The van der Waals surface area contributed by atoms with Crippen molar-refractivity contribution >= 4 is 15.9 Å². The lowest BCUT2D eigenvalue weighted by atomic mass is 9.92. The second-order valence-electron chi connectivity index (χ2n) is 5.41. The Morgan fingerprint density at radius 3 is 2.22 bits per heavy atom. The molecule has 0 radical (unpaired) electrons. The van der Waals surface area contributed by atoms with Crippen LogP contribution in [0.4, 0.5) is 0 Å². The van der Waals surface area contributed by atoms with E-state index in [1.54, 1.807) is 42.5 Å². The van der Waals surface area contributed by atoms with Gasteiger partial charge in [-0.15, -0.1) is 0 Å². The molecule has 2 aromatic rings. The highest BCUT2D eigenvalue weighted by atomic mass is 32.2. The predicted molar refractivity (Wildman–Crippen MR) is 90.1 cm³/mol. The van der Waals surface area contributed by atoms with Crippen molar-refractivity contribution < 1.29 is 13.2 Å². The fraction of sp³-hybridized carbons (Fsp3) is 0.235. The number of carbonyl (C=O) groups excluding carboxylic acids is 1. The standard InChI is InChI=1S/C17H20N2O3S/c1-2-5-15(17(18)20)13-10-8-12(9-11-13)14-6-3-4-7-16(14)23(19,21)22/h3-4,6-11,15H,2,5H2,1H3,(H2,18,20)(H2,19,21,22). The van der Waals surface area contributed by atoms with Crippen LogP contribution in [0.3, 0.4) is 0 Å². The minimum absolute atomic E-state index is 0.0766. The van der Waals surface area contributed by atoms with Crippen LogP contribution in [-0.4, -0.2) is 14.3 Å². The van der Waals surface area contributed by atoms with Crippen molar-refractivity contribution in [2.24, 2.45) is 10.9 Å². The number of primary sulfonamides is 1. The van der Waals surface area contributed by atoms with Crippen LogP contribution in [0.2, 0.25) is 0 Å². The highest BCUT2D eigenvalue weighted by molar-refractivity contribution is 7.89. The summed E-state index contributed by atoms with van der Waals surface area (Å²) in [6.07, 6.45) is 1.53. The van der Waals surface area contributed by atoms with Gasteiger partial charge in [0.2, 0.25) is 15.9 Å². The third-order valence-electron chi connectivity index (χ3n) is 3.74. The van der Waals surface area contributed by atoms with Crippen molar-refractivity contribution in [1.82, 2.24) is 0 Å². The molecule has 6 heteroatoms. The summed E-state index contributed by atoms with van der Waals surface area (Å²) in [6, 6.07) is 13.7. The van der Waals surface area contributed by atoms with E-state index in [1.165, 1.54) is 6.07 Å². The van der Waals surface area contributed by atoms with Crippen molar-refractivity contribution in [2.75, 3.05) is 0 Å². The van der Waals surface area contributed by atoms with E-state index in [2.05, 4.69) is 0 Å². The van der Waals surface area contributed by atoms with Crippen molar-refractivity contribution in [3.05, 3.63) is 54.1 Å². The molecule has 0 aromatic heterocycles. The zero-order valence-corrected chi connectivity index (χ0v) is 13.7. The van der Waals surface area contributed by atoms with Gasteiger partial charge in [-0.3, -0.25) is 4.79 Å². The van der Waals surface area contributed by atoms with Gasteiger partial charge < -0.3 is 5.73 Å². The zero-order valence-electron chi connectivity index (χ0n) is 12.9. The molecule has 122 valence electrons. The second kappa shape index (κ2) is 6.93. The molecule has 1 unspecified atom stereocenters. The molecule has 1 atom stereocenters. The number of nitrogens with two attached hydrogens (primary N) is 2. The van der Waals surface area contributed by atoms with E-state index in [4.69, 9.17) is 10.9 Å². The third kappa shape index (κ3) is 3.97. The van der Waals surface area contributed by atoms with Crippen LogP contribution in [0, 0.1) is 0 Å². The molecule has 1 amide bonds. The number of carbonyl (C=O) groups is 1. The van der Waals surface area contributed by atoms with Crippen molar-refractivity contribution in [3.63, 3.8) is 0 Å². The zero-order chi connectivity index (χ0) is 17.0. The molecule has 0 saturated carbocycles. The molecule has 0 heterocycles. The van der Waals surface area contributed by atoms with Crippen molar-refractivity contribution in [1.29, 1.82) is 0 Å². The normalized spacial score (nSPS) is 12.8. The van der Waals surface area contributed by atoms with Crippen LogP contribution >= 0.6 is 0 Å². The Labute approximate surface area is 136 Å². The quantitative estimate of drug-likeness (QED) is 0.848. The Balaban J connectivity index is 2.43. The lowest BCUT2D eigenvalue weighted by molar-refractivity contribution is -0.119. The fourth-order valence-corrected chi connectivity index (χ4v) is 3.37. The molecule has 0 saturated heterocycles. The van der Waals surface area contributed by atoms with E-state index in [9.17, 15) is 13.2 Å². The monoisotopic (exact) mass is 332 g/mol. The van der Waals surface area contributed by atoms with Crippen molar-refractivity contribution in [3.8, 4) is 11.1 Å². The number of rotatable bonds is 6. The van der Waals surface area contributed by atoms with Crippen LogP contribution in [0.5, 0.6) is 0 Å². The van der Waals surface area contributed by atoms with Gasteiger partial charge in [0, 0.05) is 5.56 Å². The SMILES string of the molecule is CCCC(C(N)=O)c1ccc(-c2ccccc2S(N)(=O)=O)cc1. The van der Waals surface area contributed by atoms with Gasteiger partial charge in [0.25, 0.3) is 0 Å². The number of sulfonamides is 1. The minimum atomic E-state index is -3.80. The first-order valence-corrected chi connectivity index (χ1v) is 8.90. The summed E-state index contributed by atoms with van der Waals surface area (Å²) in [7, 11) is -3.80. The summed E-state index contributed by atoms with van der Waals surface area (Å²) >= 11 is 0. The smallest absolute Gasteiger partial charge is 0.238 e. The first-order valence-electron chi connectivity index (χ1n) is 7.36. The van der Waals surface area contributed by atoms with Gasteiger partial charge >= 0.3 is 0 Å². The lowest BCUT2D eigenvalue weighted by Gasteiger charge is -2.14. The molecule has 0 aliphatic rings. The molecule has 0 bridgehead atoms. The summed E-state index contributed by atoms with van der Waals surface area (Å²) in [5.41, 5.74) is 7.54. The van der Waals surface area contributed by atoms with E-state index < -0.39 is 10.0 Å². The van der Waals surface area contributed by atoms with E-state index >= 15 is 0 Å². The predicted octanol–water partition coefficient (Wildman–Crippen LogP) is 2.37. The molecule has 0 aliphatic carbocycles. The first kappa shape index (κ1) is 17.2. The summed E-state index contributed by atoms with van der Waals surface area (Å²) in [5, 5.41) is 5.26. The van der Waals surface area contributed by atoms with Gasteiger partial charge in [-0.05, 0) is 23.6 Å². The Kier molecular flexibility index (Phi) is 5.18. The molecular weight excluding hydrogens is 312 g/mol. The summed E-state index contributed by atoms with van der Waals surface area (Å²) in [6.45, 7) is 1.99. The molecule has 0 spiro atoms. The van der Waals surface area contributed by atoms with E-state index in [-0.39, 0.29) is 16.7 Å². The summed E-state index contributed by atoms with van der Waals surface area (Å²) in [5.74, 6) is -0.688. The van der Waals surface area contributed by atoms with E-state index in [0.29, 0.717) is 12.0 Å². The van der Waals surface area contributed by atoms with Gasteiger partial charge in [-0.2, -0.15) is 0 Å². The number of amides is 1. The number of hydrogen-bond donors (Lipinski definition) is 2. The number of primary amides is 1. The Hall–Kier alpha value is -2.18. The van der Waals surface area contributed by atoms with Crippen LogP contribution in [0.1, 0.15) is 31.2 Å². The fourth-order valence-electron chi connectivity index (χ4n) is 2.61. The molecule has 0 aliphatic heterocycles. The average Bonchev–Trinajstić information content (AvgIpc) is 2.52. The topological polar surface area (TPSA) is 103 Å². The molecule has 0 fully saturated rings. The molecule has 4 N–H and O–H groups in total. The maximum Gasteiger partial charge on any atom is 0.238 e. The Bertz CT molecular complexity index is 799. The average molecular weight is 332 g/mol. The molecule has 2 aromatic carbocycles. The Morgan fingerprint density at radius 1 is 1.09 bits per heavy atom. The lowest BCUT2D eigenvalue weighted by Crippen LogP contribution is -2.21. The largest absolute Gasteiger partial charge is 0.369 e. The van der Waals surface area contributed by atoms with Crippen LogP contribution in [0.15, 0.2) is 53.4 Å². The van der Waals surface area contributed by atoms with Crippen molar-refractivity contribution in [2.45, 2.75) is 30.6 Å². The van der Waals surface area contributed by atoms with Crippen LogP contribution in [0.25, 0.3) is 11.1 Å². The van der Waals surface area contributed by atoms with E-state index in [0.717, 1.165) is 17.5 Å². The Morgan fingerprint density at radius 2 is 1.70 bits per heavy atom. The molecular formula is C17H20N2O3S. The highest BCUT2D eigenvalue weighted by Gasteiger charge is 2.18. The summed E-state index contributed by atoms with van der Waals surface area (Å²) < 4.78 is 23.4. The van der Waals surface area contributed by atoms with Crippen LogP contribution in [-0.2, 0) is 14.8 Å². The van der Waals surface area contributed by atoms with Gasteiger partial charge in [0.1, 0.15) is 0 Å². The van der Waals surface area contributed by atoms with Gasteiger partial charge in [0.05, 0.1) is 10.8 Å². The summed E-state index contributed by atoms with van der Waals surface area (Å²) in [4.78, 5) is 11.6. The molecule has 2 rings (SSSR count). The second-order valence-corrected chi connectivity index (χ2v) is 6.94. The van der Waals surface area contributed by atoms with Gasteiger partial charge in [0.15, 0.2) is 0 Å². The molecule has 23 heavy (non-hydrogen) atoms. The third-order valence-corrected chi connectivity index (χ3v) is 4.71. The maximum atomic E-state index is 11.7.